The van der Waals surface area contributed by atoms with E-state index in [-0.39, 0.29) is 11.1 Å². The smallest absolute Gasteiger partial charge is 0.138 e. The molecule has 8 nitrogen and oxygen atoms in total. The van der Waals surface area contributed by atoms with Crippen LogP contribution in [0.5, 0.6) is 0 Å². The molecule has 0 unspecified atom stereocenters. The number of H-pyrrole nitrogens is 2. The molecular formula is C28H16N4O4-2. The number of imidazole rings is 2. The lowest BCUT2D eigenvalue weighted by Crippen LogP contribution is -2.21. The highest BCUT2D eigenvalue weighted by atomic mass is 16.4. The van der Waals surface area contributed by atoms with Crippen LogP contribution >= 0.6 is 0 Å². The van der Waals surface area contributed by atoms with Crippen molar-refractivity contribution in [3.8, 4) is 33.9 Å². The number of aromatic nitrogens is 4. The Kier molecular flexibility index (Phi) is 4.86. The van der Waals surface area contributed by atoms with Crippen molar-refractivity contribution in [1.82, 2.24) is 19.9 Å². The molecule has 0 aliphatic rings. The molecule has 2 N–H and O–H groups in total. The fourth-order valence-corrected chi connectivity index (χ4v) is 4.18. The van der Waals surface area contributed by atoms with E-state index in [1.54, 1.807) is 24.3 Å². The maximum atomic E-state index is 11.0. The van der Waals surface area contributed by atoms with Gasteiger partial charge in [0.15, 0.2) is 0 Å². The van der Waals surface area contributed by atoms with Gasteiger partial charge in [-0.25, -0.2) is 9.97 Å². The Morgan fingerprint density at radius 1 is 0.528 bits per heavy atom. The number of carboxylic acid groups (broad SMARTS) is 2. The standard InChI is InChI=1S/C28H18N4O4/c33-27(34)17-5-1-15(2-6-17)25-29-21-11-9-19(13-23(21)31-25)20-10-12-22-24(14-20)32-26(30-22)16-3-7-18(8-4-16)28(35)36/h1-14H,(H,29,31)(H,30,32)(H,33,34)(H,35,36)/p-2. The lowest BCUT2D eigenvalue weighted by Gasteiger charge is -2.02. The van der Waals surface area contributed by atoms with Crippen molar-refractivity contribution in [2.45, 2.75) is 0 Å². The van der Waals surface area contributed by atoms with Crippen molar-refractivity contribution in [3.63, 3.8) is 0 Å². The topological polar surface area (TPSA) is 138 Å². The second-order valence-electron chi connectivity index (χ2n) is 8.36. The largest absolute Gasteiger partial charge is 0.545 e. The first-order chi connectivity index (χ1) is 17.4. The van der Waals surface area contributed by atoms with E-state index in [9.17, 15) is 19.8 Å². The Bertz CT molecular complexity index is 1650. The van der Waals surface area contributed by atoms with Crippen LogP contribution in [0.4, 0.5) is 0 Å². The molecule has 0 spiro atoms. The molecule has 0 radical (unpaired) electrons. The molecule has 0 saturated carbocycles. The van der Waals surface area contributed by atoms with Crippen LogP contribution < -0.4 is 10.2 Å². The third kappa shape index (κ3) is 3.76. The second kappa shape index (κ2) is 8.21. The molecular weight excluding hydrogens is 456 g/mol. The van der Waals surface area contributed by atoms with Gasteiger partial charge in [-0.05, 0) is 46.5 Å². The number of aromatic carboxylic acids is 2. The van der Waals surface area contributed by atoms with Gasteiger partial charge in [0.2, 0.25) is 0 Å². The van der Waals surface area contributed by atoms with Gasteiger partial charge < -0.3 is 29.8 Å². The third-order valence-corrected chi connectivity index (χ3v) is 6.09. The summed E-state index contributed by atoms with van der Waals surface area (Å²) in [6.45, 7) is 0. The van der Waals surface area contributed by atoms with Crippen molar-refractivity contribution in [2.75, 3.05) is 0 Å². The fraction of sp³-hybridized carbons (Fsp3) is 0. The third-order valence-electron chi connectivity index (χ3n) is 6.09. The maximum absolute atomic E-state index is 11.0. The van der Waals surface area contributed by atoms with Crippen molar-refractivity contribution < 1.29 is 19.8 Å². The van der Waals surface area contributed by atoms with E-state index in [1.807, 2.05) is 36.4 Å². The minimum absolute atomic E-state index is 0.115. The molecule has 0 atom stereocenters. The molecule has 0 fully saturated rings. The first kappa shape index (κ1) is 21.3. The molecule has 6 aromatic rings. The predicted molar refractivity (Wildman–Crippen MR) is 131 cm³/mol. The van der Waals surface area contributed by atoms with Crippen LogP contribution in [-0.4, -0.2) is 31.9 Å². The van der Waals surface area contributed by atoms with Gasteiger partial charge in [-0.2, -0.15) is 0 Å². The Hall–Kier alpha value is -5.24. The molecule has 0 amide bonds. The quantitative estimate of drug-likeness (QED) is 0.395. The normalized spacial score (nSPS) is 11.2. The van der Waals surface area contributed by atoms with E-state index < -0.39 is 11.9 Å². The van der Waals surface area contributed by atoms with Gasteiger partial charge in [-0.3, -0.25) is 0 Å². The average Bonchev–Trinajstić information content (AvgIpc) is 3.52. The highest BCUT2D eigenvalue weighted by molar-refractivity contribution is 5.90. The van der Waals surface area contributed by atoms with E-state index >= 15 is 0 Å². The minimum atomic E-state index is -1.22. The Morgan fingerprint density at radius 3 is 1.25 bits per heavy atom. The summed E-state index contributed by atoms with van der Waals surface area (Å²) in [7, 11) is 0. The molecule has 2 aromatic heterocycles. The van der Waals surface area contributed by atoms with Crippen LogP contribution in [0.3, 0.4) is 0 Å². The number of fused-ring (bicyclic) bond motifs is 2. The number of carbonyl (C=O) groups is 2. The fourth-order valence-electron chi connectivity index (χ4n) is 4.18. The number of nitrogens with one attached hydrogen (secondary N) is 2. The predicted octanol–water partition coefficient (Wildman–Crippen LogP) is 3.17. The van der Waals surface area contributed by atoms with Crippen LogP contribution in [0, 0.1) is 0 Å². The maximum Gasteiger partial charge on any atom is 0.138 e. The summed E-state index contributed by atoms with van der Waals surface area (Å²) >= 11 is 0. The zero-order chi connectivity index (χ0) is 24.8. The molecule has 36 heavy (non-hydrogen) atoms. The van der Waals surface area contributed by atoms with Gasteiger partial charge in [-0.1, -0.05) is 60.7 Å². The Morgan fingerprint density at radius 2 is 0.889 bits per heavy atom. The number of carboxylic acids is 2. The van der Waals surface area contributed by atoms with Gasteiger partial charge in [0.1, 0.15) is 11.6 Å². The van der Waals surface area contributed by atoms with Crippen LogP contribution in [0.2, 0.25) is 0 Å². The zero-order valence-corrected chi connectivity index (χ0v) is 18.6. The summed E-state index contributed by atoms with van der Waals surface area (Å²) in [6.07, 6.45) is 0. The van der Waals surface area contributed by atoms with Crippen molar-refractivity contribution in [3.05, 3.63) is 96.1 Å². The van der Waals surface area contributed by atoms with Crippen LogP contribution in [0.25, 0.3) is 56.0 Å². The first-order valence-corrected chi connectivity index (χ1v) is 11.1. The number of benzene rings is 4. The summed E-state index contributed by atoms with van der Waals surface area (Å²) in [5.74, 6) is -1.15. The van der Waals surface area contributed by atoms with Gasteiger partial charge in [0.05, 0.1) is 34.0 Å². The van der Waals surface area contributed by atoms with E-state index in [0.717, 1.165) is 44.3 Å². The molecule has 0 aliphatic carbocycles. The molecule has 0 bridgehead atoms. The SMILES string of the molecule is O=C([O-])c1ccc(-c2nc3ccc(-c4ccc5nc(-c6ccc(C(=O)[O-])cc6)[nH]c5c4)cc3[nH]2)cc1. The van der Waals surface area contributed by atoms with Crippen LogP contribution in [0.1, 0.15) is 20.7 Å². The summed E-state index contributed by atoms with van der Waals surface area (Å²) < 4.78 is 0. The Labute approximate surface area is 203 Å². The monoisotopic (exact) mass is 472 g/mol. The molecule has 8 heteroatoms. The Balaban J connectivity index is 1.32. The molecule has 2 heterocycles. The van der Waals surface area contributed by atoms with Crippen molar-refractivity contribution >= 4 is 34.0 Å². The average molecular weight is 472 g/mol. The van der Waals surface area contributed by atoms with Crippen molar-refractivity contribution in [2.24, 2.45) is 0 Å². The molecule has 0 aliphatic heterocycles. The second-order valence-corrected chi connectivity index (χ2v) is 8.36. The van der Waals surface area contributed by atoms with Crippen LogP contribution in [-0.2, 0) is 0 Å². The summed E-state index contributed by atoms with van der Waals surface area (Å²) in [6, 6.07) is 24.6. The number of hydrogen-bond donors (Lipinski definition) is 2. The first-order valence-electron chi connectivity index (χ1n) is 11.1. The van der Waals surface area contributed by atoms with Crippen molar-refractivity contribution in [1.29, 1.82) is 0 Å². The van der Waals surface area contributed by atoms with E-state index in [4.69, 9.17) is 0 Å². The van der Waals surface area contributed by atoms with Gasteiger partial charge >= 0.3 is 0 Å². The summed E-state index contributed by atoms with van der Waals surface area (Å²) in [5, 5.41) is 22.0. The molecule has 6 rings (SSSR count). The van der Waals surface area contributed by atoms with E-state index in [2.05, 4.69) is 19.9 Å². The van der Waals surface area contributed by atoms with Gasteiger partial charge in [0, 0.05) is 11.1 Å². The number of carbonyl (C=O) groups excluding carboxylic acids is 2. The lowest BCUT2D eigenvalue weighted by atomic mass is 10.0. The van der Waals surface area contributed by atoms with Gasteiger partial charge in [0.25, 0.3) is 0 Å². The number of hydrogen-bond acceptors (Lipinski definition) is 6. The number of nitrogens with zero attached hydrogens (tertiary/aromatic N) is 2. The highest BCUT2D eigenvalue weighted by Crippen LogP contribution is 2.29. The van der Waals surface area contributed by atoms with E-state index in [0.29, 0.717) is 11.6 Å². The molecule has 174 valence electrons. The molecule has 0 saturated heterocycles. The van der Waals surface area contributed by atoms with Crippen LogP contribution in [0.15, 0.2) is 84.9 Å². The molecule has 4 aromatic carbocycles. The summed E-state index contributed by atoms with van der Waals surface area (Å²) in [4.78, 5) is 37.8. The lowest BCUT2D eigenvalue weighted by molar-refractivity contribution is -0.256. The highest BCUT2D eigenvalue weighted by Gasteiger charge is 2.10. The minimum Gasteiger partial charge on any atom is -0.545 e. The zero-order valence-electron chi connectivity index (χ0n) is 18.6. The number of rotatable bonds is 5. The summed E-state index contributed by atoms with van der Waals surface area (Å²) in [5.41, 5.74) is 7.05. The number of aromatic amines is 2. The van der Waals surface area contributed by atoms with E-state index in [1.165, 1.54) is 24.3 Å². The van der Waals surface area contributed by atoms with Gasteiger partial charge in [-0.15, -0.1) is 0 Å².